The molecular formula is C22H19ClN2O2. The van der Waals surface area contributed by atoms with Crippen LogP contribution in [0.5, 0.6) is 5.75 Å². The van der Waals surface area contributed by atoms with E-state index in [4.69, 9.17) is 11.6 Å². The summed E-state index contributed by atoms with van der Waals surface area (Å²) in [7, 11) is 1.70. The molecule has 136 valence electrons. The van der Waals surface area contributed by atoms with Crippen LogP contribution in [-0.2, 0) is 7.05 Å². The van der Waals surface area contributed by atoms with Gasteiger partial charge in [0.1, 0.15) is 5.75 Å². The zero-order chi connectivity index (χ0) is 19.1. The van der Waals surface area contributed by atoms with E-state index in [1.54, 1.807) is 25.2 Å². The third kappa shape index (κ3) is 2.92. The summed E-state index contributed by atoms with van der Waals surface area (Å²) in [6.45, 7) is 1.88. The van der Waals surface area contributed by atoms with Crippen molar-refractivity contribution >= 4 is 22.4 Å². The van der Waals surface area contributed by atoms with E-state index in [9.17, 15) is 9.90 Å². The predicted octanol–water partition coefficient (Wildman–Crippen LogP) is 4.71. The van der Waals surface area contributed by atoms with Gasteiger partial charge < -0.3 is 5.11 Å². The lowest BCUT2D eigenvalue weighted by Gasteiger charge is -2.21. The molecule has 1 atom stereocenters. The molecule has 0 spiro atoms. The fraction of sp³-hybridized carbons (Fsp3) is 0.136. The molecule has 1 heterocycles. The smallest absolute Gasteiger partial charge is 0.270 e. The number of rotatable bonds is 3. The Morgan fingerprint density at radius 1 is 1.00 bits per heavy atom. The molecule has 5 heteroatoms. The van der Waals surface area contributed by atoms with Crippen molar-refractivity contribution in [3.8, 4) is 5.75 Å². The van der Waals surface area contributed by atoms with Gasteiger partial charge in [0, 0.05) is 29.2 Å². The molecule has 4 rings (SSSR count). The van der Waals surface area contributed by atoms with Crippen molar-refractivity contribution in [3.63, 3.8) is 0 Å². The molecule has 0 aliphatic rings. The minimum atomic E-state index is -0.418. The average molecular weight is 379 g/mol. The highest BCUT2D eigenvalue weighted by molar-refractivity contribution is 6.30. The SMILES string of the molecule is Cc1[nH]n(C)c(=O)c1C(c1ccc(Cl)cc1)c1c(O)ccc2ccccc12. The van der Waals surface area contributed by atoms with Crippen molar-refractivity contribution in [3.05, 3.63) is 98.4 Å². The number of hydrogen-bond acceptors (Lipinski definition) is 2. The highest BCUT2D eigenvalue weighted by Gasteiger charge is 2.28. The van der Waals surface area contributed by atoms with Crippen molar-refractivity contribution in [2.24, 2.45) is 7.05 Å². The van der Waals surface area contributed by atoms with Crippen LogP contribution in [0.1, 0.15) is 28.3 Å². The quantitative estimate of drug-likeness (QED) is 0.542. The van der Waals surface area contributed by atoms with Crippen LogP contribution < -0.4 is 5.56 Å². The lowest BCUT2D eigenvalue weighted by molar-refractivity contribution is 0.468. The lowest BCUT2D eigenvalue weighted by Crippen LogP contribution is -2.19. The highest BCUT2D eigenvalue weighted by atomic mass is 35.5. The van der Waals surface area contributed by atoms with Crippen LogP contribution >= 0.6 is 11.6 Å². The molecule has 1 aromatic heterocycles. The van der Waals surface area contributed by atoms with Gasteiger partial charge in [0.15, 0.2) is 0 Å². The standard InChI is InChI=1S/C22H19ClN2O2/c1-13-19(22(27)25(2)24-13)20(15-7-10-16(23)11-8-15)21-17-6-4-3-5-14(17)9-12-18(21)26/h3-12,20,24,26H,1-2H3. The van der Waals surface area contributed by atoms with E-state index in [-0.39, 0.29) is 11.3 Å². The summed E-state index contributed by atoms with van der Waals surface area (Å²) < 4.78 is 1.47. The Morgan fingerprint density at radius 2 is 1.70 bits per heavy atom. The Kier molecular flexibility index (Phi) is 4.28. The number of aromatic hydroxyl groups is 1. The van der Waals surface area contributed by atoms with Crippen LogP contribution in [0.4, 0.5) is 0 Å². The fourth-order valence-corrected chi connectivity index (χ4v) is 3.89. The van der Waals surface area contributed by atoms with E-state index in [1.807, 2.05) is 49.4 Å². The number of halogens is 1. The molecule has 0 bridgehead atoms. The van der Waals surface area contributed by atoms with Gasteiger partial charge in [-0.15, -0.1) is 0 Å². The van der Waals surface area contributed by atoms with Gasteiger partial charge in [-0.05, 0) is 41.5 Å². The zero-order valence-electron chi connectivity index (χ0n) is 15.0. The van der Waals surface area contributed by atoms with Crippen LogP contribution in [0.15, 0.2) is 65.5 Å². The Hall–Kier alpha value is -2.98. The molecule has 1 unspecified atom stereocenters. The van der Waals surface area contributed by atoms with Crippen molar-refractivity contribution in [2.75, 3.05) is 0 Å². The molecular weight excluding hydrogens is 360 g/mol. The summed E-state index contributed by atoms with van der Waals surface area (Å²) >= 11 is 6.08. The molecule has 0 fully saturated rings. The van der Waals surface area contributed by atoms with Crippen LogP contribution in [0.2, 0.25) is 5.02 Å². The maximum atomic E-state index is 12.9. The number of aromatic amines is 1. The number of nitrogens with zero attached hydrogens (tertiary/aromatic N) is 1. The molecule has 0 radical (unpaired) electrons. The normalized spacial score (nSPS) is 12.4. The molecule has 0 amide bonds. The molecule has 27 heavy (non-hydrogen) atoms. The zero-order valence-corrected chi connectivity index (χ0v) is 15.8. The van der Waals surface area contributed by atoms with Crippen molar-refractivity contribution < 1.29 is 5.11 Å². The molecule has 0 saturated heterocycles. The van der Waals surface area contributed by atoms with E-state index >= 15 is 0 Å². The summed E-state index contributed by atoms with van der Waals surface area (Å²) in [5.74, 6) is -0.255. The third-order valence-corrected chi connectivity index (χ3v) is 5.25. The Bertz CT molecular complexity index is 1190. The van der Waals surface area contributed by atoms with Gasteiger partial charge in [-0.2, -0.15) is 0 Å². The summed E-state index contributed by atoms with van der Waals surface area (Å²) in [6, 6.07) is 18.9. The van der Waals surface area contributed by atoms with Crippen molar-refractivity contribution in [1.29, 1.82) is 0 Å². The average Bonchev–Trinajstić information content (AvgIpc) is 2.91. The second-order valence-electron chi connectivity index (χ2n) is 6.72. The fourth-order valence-electron chi connectivity index (χ4n) is 3.76. The molecule has 3 aromatic carbocycles. The number of hydrogen-bond donors (Lipinski definition) is 2. The minimum absolute atomic E-state index is 0.111. The van der Waals surface area contributed by atoms with Gasteiger partial charge in [0.2, 0.25) is 0 Å². The van der Waals surface area contributed by atoms with E-state index in [1.165, 1.54) is 4.68 Å². The predicted molar refractivity (Wildman–Crippen MR) is 109 cm³/mol. The number of phenols is 1. The van der Waals surface area contributed by atoms with Gasteiger partial charge in [0.05, 0.1) is 5.56 Å². The second kappa shape index (κ2) is 6.63. The molecule has 0 saturated carbocycles. The van der Waals surface area contributed by atoms with E-state index in [0.29, 0.717) is 10.6 Å². The number of nitrogens with one attached hydrogen (secondary N) is 1. The van der Waals surface area contributed by atoms with Gasteiger partial charge in [-0.3, -0.25) is 14.6 Å². The third-order valence-electron chi connectivity index (χ3n) is 5.00. The minimum Gasteiger partial charge on any atom is -0.508 e. The van der Waals surface area contributed by atoms with Gasteiger partial charge in [-0.25, -0.2) is 0 Å². The Balaban J connectivity index is 2.10. The first-order valence-electron chi connectivity index (χ1n) is 8.69. The van der Waals surface area contributed by atoms with E-state index in [2.05, 4.69) is 5.10 Å². The first-order valence-corrected chi connectivity index (χ1v) is 9.06. The Labute approximate surface area is 161 Å². The lowest BCUT2D eigenvalue weighted by atomic mass is 9.82. The van der Waals surface area contributed by atoms with Crippen LogP contribution in [0.25, 0.3) is 10.8 Å². The first-order chi connectivity index (χ1) is 13.0. The maximum absolute atomic E-state index is 12.9. The second-order valence-corrected chi connectivity index (χ2v) is 7.16. The number of phenolic OH excluding ortho intramolecular Hbond substituents is 1. The monoisotopic (exact) mass is 378 g/mol. The molecule has 0 aliphatic carbocycles. The van der Waals surface area contributed by atoms with Crippen molar-refractivity contribution in [1.82, 2.24) is 9.78 Å². The van der Waals surface area contributed by atoms with Crippen LogP contribution in [-0.4, -0.2) is 14.9 Å². The molecule has 4 nitrogen and oxygen atoms in total. The Morgan fingerprint density at radius 3 is 2.37 bits per heavy atom. The number of fused-ring (bicyclic) bond motifs is 1. The first kappa shape index (κ1) is 17.4. The van der Waals surface area contributed by atoms with Gasteiger partial charge in [-0.1, -0.05) is 54.1 Å². The maximum Gasteiger partial charge on any atom is 0.270 e. The number of H-pyrrole nitrogens is 1. The molecule has 0 aliphatic heterocycles. The number of benzene rings is 3. The van der Waals surface area contributed by atoms with Gasteiger partial charge in [0.25, 0.3) is 5.56 Å². The summed E-state index contributed by atoms with van der Waals surface area (Å²) in [6.07, 6.45) is 0. The number of aryl methyl sites for hydroxylation is 2. The summed E-state index contributed by atoms with van der Waals surface area (Å²) in [5.41, 5.74) is 2.89. The molecule has 4 aromatic rings. The summed E-state index contributed by atoms with van der Waals surface area (Å²) in [5, 5.41) is 16.4. The summed E-state index contributed by atoms with van der Waals surface area (Å²) in [4.78, 5) is 12.9. The van der Waals surface area contributed by atoms with E-state index < -0.39 is 5.92 Å². The number of aromatic nitrogens is 2. The van der Waals surface area contributed by atoms with Crippen molar-refractivity contribution in [2.45, 2.75) is 12.8 Å². The van der Waals surface area contributed by atoms with Crippen LogP contribution in [0.3, 0.4) is 0 Å². The largest absolute Gasteiger partial charge is 0.508 e. The molecule has 2 N–H and O–H groups in total. The highest BCUT2D eigenvalue weighted by Crippen LogP contribution is 2.41. The topological polar surface area (TPSA) is 58.0 Å². The van der Waals surface area contributed by atoms with Gasteiger partial charge >= 0.3 is 0 Å². The van der Waals surface area contributed by atoms with Crippen LogP contribution in [0, 0.1) is 6.92 Å². The van der Waals surface area contributed by atoms with E-state index in [0.717, 1.165) is 27.6 Å².